The first kappa shape index (κ1) is 24.6. The minimum Gasteiger partial charge on any atom is -0.380 e. The number of hydrogen-bond donors (Lipinski definition) is 2. The monoisotopic (exact) mass is 478 g/mol. The second-order valence-corrected chi connectivity index (χ2v) is 11.8. The first-order valence-corrected chi connectivity index (χ1v) is 13.2. The van der Waals surface area contributed by atoms with Gasteiger partial charge in [0.1, 0.15) is 5.60 Å². The number of nitrogens with one attached hydrogen (secondary N) is 1. The van der Waals surface area contributed by atoms with E-state index in [1.807, 2.05) is 36.4 Å². The number of likely N-dealkylation sites (tertiary alicyclic amines) is 1. The lowest BCUT2D eigenvalue weighted by Gasteiger charge is -2.56. The molecule has 3 aromatic rings. The Morgan fingerprint density at radius 2 is 1.62 bits per heavy atom. The van der Waals surface area contributed by atoms with Gasteiger partial charge in [-0.15, -0.1) is 0 Å². The maximum atomic E-state index is 12.7. The maximum Gasteiger partial charge on any atom is 0.240 e. The fourth-order valence-electron chi connectivity index (χ4n) is 5.11. The predicted molar refractivity (Wildman–Crippen MR) is 136 cm³/mol. The van der Waals surface area contributed by atoms with E-state index in [-0.39, 0.29) is 16.9 Å². The van der Waals surface area contributed by atoms with Crippen molar-refractivity contribution in [1.82, 2.24) is 9.62 Å². The normalized spacial score (nSPS) is 17.8. The van der Waals surface area contributed by atoms with Gasteiger partial charge in [-0.3, -0.25) is 0 Å². The highest BCUT2D eigenvalue weighted by Crippen LogP contribution is 2.50. The van der Waals surface area contributed by atoms with E-state index in [0.29, 0.717) is 5.92 Å². The zero-order chi connectivity index (χ0) is 24.6. The van der Waals surface area contributed by atoms with E-state index < -0.39 is 15.6 Å². The molecule has 6 heteroatoms. The Kier molecular flexibility index (Phi) is 6.71. The average Bonchev–Trinajstić information content (AvgIpc) is 2.82. The van der Waals surface area contributed by atoms with E-state index in [0.717, 1.165) is 29.8 Å². The van der Waals surface area contributed by atoms with Crippen LogP contribution < -0.4 is 4.72 Å². The molecule has 180 valence electrons. The van der Waals surface area contributed by atoms with Crippen LogP contribution in [0.2, 0.25) is 0 Å². The van der Waals surface area contributed by atoms with Crippen molar-refractivity contribution in [3.63, 3.8) is 0 Å². The molecule has 1 heterocycles. The molecule has 3 aromatic carbocycles. The van der Waals surface area contributed by atoms with Crippen LogP contribution in [0.1, 0.15) is 48.9 Å². The van der Waals surface area contributed by atoms with Gasteiger partial charge in [0.05, 0.1) is 4.90 Å². The largest absolute Gasteiger partial charge is 0.380 e. The highest BCUT2D eigenvalue weighted by molar-refractivity contribution is 7.89. The molecule has 0 bridgehead atoms. The molecule has 0 spiro atoms. The molecule has 2 N–H and O–H groups in total. The van der Waals surface area contributed by atoms with Gasteiger partial charge in [0, 0.05) is 25.0 Å². The molecule has 0 amide bonds. The van der Waals surface area contributed by atoms with E-state index in [4.69, 9.17) is 0 Å². The number of hydrogen-bond acceptors (Lipinski definition) is 4. The summed E-state index contributed by atoms with van der Waals surface area (Å²) in [6, 6.07) is 24.2. The summed E-state index contributed by atoms with van der Waals surface area (Å²) < 4.78 is 28.0. The Hall–Kier alpha value is -2.51. The molecular formula is C28H34N2O3S. The van der Waals surface area contributed by atoms with Gasteiger partial charge in [-0.05, 0) is 47.4 Å². The number of rotatable bonds is 8. The lowest BCUT2D eigenvalue weighted by Crippen LogP contribution is -2.63. The van der Waals surface area contributed by atoms with E-state index >= 15 is 0 Å². The maximum absolute atomic E-state index is 12.7. The smallest absolute Gasteiger partial charge is 0.240 e. The molecule has 5 nitrogen and oxygen atoms in total. The minimum absolute atomic E-state index is 0.143. The fraction of sp³-hybridized carbons (Fsp3) is 0.357. The highest BCUT2D eigenvalue weighted by Gasteiger charge is 2.55. The van der Waals surface area contributed by atoms with Crippen LogP contribution in [0.4, 0.5) is 0 Å². The molecule has 0 aromatic heterocycles. The number of benzene rings is 3. The summed E-state index contributed by atoms with van der Waals surface area (Å²) >= 11 is 0. The van der Waals surface area contributed by atoms with Gasteiger partial charge in [-0.25, -0.2) is 13.1 Å². The van der Waals surface area contributed by atoms with Crippen LogP contribution in [0, 0.1) is 5.41 Å². The van der Waals surface area contributed by atoms with Crippen LogP contribution in [0.25, 0.3) is 0 Å². The first-order valence-electron chi connectivity index (χ1n) is 11.7. The van der Waals surface area contributed by atoms with Crippen LogP contribution in [-0.4, -0.2) is 38.6 Å². The van der Waals surface area contributed by atoms with Crippen molar-refractivity contribution in [2.75, 3.05) is 20.1 Å². The van der Waals surface area contributed by atoms with Gasteiger partial charge in [0.25, 0.3) is 0 Å². The van der Waals surface area contributed by atoms with Crippen LogP contribution in [-0.2, 0) is 22.2 Å². The van der Waals surface area contributed by atoms with E-state index in [2.05, 4.69) is 49.6 Å². The van der Waals surface area contributed by atoms with Crippen molar-refractivity contribution in [3.05, 3.63) is 101 Å². The van der Waals surface area contributed by atoms with Crippen LogP contribution in [0.15, 0.2) is 83.8 Å². The highest BCUT2D eigenvalue weighted by atomic mass is 32.2. The molecule has 0 aliphatic carbocycles. The average molecular weight is 479 g/mol. The molecule has 1 aliphatic rings. The van der Waals surface area contributed by atoms with E-state index in [1.54, 1.807) is 30.3 Å². The van der Waals surface area contributed by atoms with Crippen LogP contribution >= 0.6 is 0 Å². The second-order valence-electron chi connectivity index (χ2n) is 10.1. The Balaban J connectivity index is 1.67. The summed E-state index contributed by atoms with van der Waals surface area (Å²) in [5, 5.41) is 12.3. The number of nitrogens with zero attached hydrogens (tertiary/aromatic N) is 1. The third kappa shape index (κ3) is 4.56. The van der Waals surface area contributed by atoms with Crippen molar-refractivity contribution in [2.45, 2.75) is 43.7 Å². The minimum atomic E-state index is -3.62. The third-order valence-corrected chi connectivity index (χ3v) is 8.39. The summed E-state index contributed by atoms with van der Waals surface area (Å²) in [6.45, 7) is 8.10. The lowest BCUT2D eigenvalue weighted by molar-refractivity contribution is -0.127. The Morgan fingerprint density at radius 3 is 2.21 bits per heavy atom. The van der Waals surface area contributed by atoms with Crippen molar-refractivity contribution >= 4 is 10.0 Å². The molecule has 0 saturated carbocycles. The molecule has 0 radical (unpaired) electrons. The zero-order valence-electron chi connectivity index (χ0n) is 20.3. The summed E-state index contributed by atoms with van der Waals surface area (Å²) in [5.74, 6) is 0.411. The van der Waals surface area contributed by atoms with Crippen molar-refractivity contribution in [3.8, 4) is 0 Å². The molecule has 4 rings (SSSR count). The van der Waals surface area contributed by atoms with Crippen molar-refractivity contribution in [2.24, 2.45) is 5.41 Å². The van der Waals surface area contributed by atoms with Crippen molar-refractivity contribution in [1.29, 1.82) is 0 Å². The Labute approximate surface area is 203 Å². The van der Waals surface area contributed by atoms with Gasteiger partial charge >= 0.3 is 0 Å². The van der Waals surface area contributed by atoms with Gasteiger partial charge in [-0.1, -0.05) is 87.5 Å². The second kappa shape index (κ2) is 9.27. The molecule has 1 aliphatic heterocycles. The number of aliphatic hydroxyl groups is 1. The predicted octanol–water partition coefficient (Wildman–Crippen LogP) is 4.48. The quantitative estimate of drug-likeness (QED) is 0.501. The van der Waals surface area contributed by atoms with Gasteiger partial charge in [0.15, 0.2) is 0 Å². The summed E-state index contributed by atoms with van der Waals surface area (Å²) in [6.07, 6.45) is 0. The van der Waals surface area contributed by atoms with Gasteiger partial charge in [-0.2, -0.15) is 0 Å². The SMILES string of the molecule is CC(C)c1ccc([C@](O)(c2cccc(CNS(=O)(=O)c3ccccc3)c2)C2(C)CN(C)C2)cc1. The fourth-order valence-corrected chi connectivity index (χ4v) is 6.15. The number of sulfonamides is 1. The summed E-state index contributed by atoms with van der Waals surface area (Å²) in [5.41, 5.74) is 2.08. The lowest BCUT2D eigenvalue weighted by atomic mass is 9.62. The Morgan fingerprint density at radius 1 is 0.971 bits per heavy atom. The molecular weight excluding hydrogens is 444 g/mol. The standard InChI is InChI=1S/C28H34N2O3S/c1-21(2)23-13-15-24(16-14-23)28(31,27(3)19-30(4)20-27)25-10-8-9-22(17-25)18-29-34(32,33)26-11-6-5-7-12-26/h5-17,21,29,31H,18-20H2,1-4H3/t28-/m0/s1. The summed E-state index contributed by atoms with van der Waals surface area (Å²) in [7, 11) is -1.57. The van der Waals surface area contributed by atoms with Crippen LogP contribution in [0.5, 0.6) is 0 Å². The molecule has 1 saturated heterocycles. The third-order valence-electron chi connectivity index (χ3n) is 6.97. The summed E-state index contributed by atoms with van der Waals surface area (Å²) in [4.78, 5) is 2.43. The van der Waals surface area contributed by atoms with E-state index in [9.17, 15) is 13.5 Å². The molecule has 0 unspecified atom stereocenters. The zero-order valence-corrected chi connectivity index (χ0v) is 21.1. The first-order chi connectivity index (χ1) is 16.0. The molecule has 34 heavy (non-hydrogen) atoms. The van der Waals surface area contributed by atoms with Gasteiger partial charge < -0.3 is 10.0 Å². The topological polar surface area (TPSA) is 69.6 Å². The Bertz CT molecular complexity index is 1230. The molecule has 1 fully saturated rings. The van der Waals surface area contributed by atoms with E-state index in [1.165, 1.54) is 5.56 Å². The van der Waals surface area contributed by atoms with Crippen LogP contribution in [0.3, 0.4) is 0 Å². The molecule has 1 atom stereocenters. The van der Waals surface area contributed by atoms with Gasteiger partial charge in [0.2, 0.25) is 10.0 Å². The van der Waals surface area contributed by atoms with Crippen molar-refractivity contribution < 1.29 is 13.5 Å².